The van der Waals surface area contributed by atoms with E-state index in [-0.39, 0.29) is 12.5 Å². The number of hydrogen-bond donors (Lipinski definition) is 2. The van der Waals surface area contributed by atoms with Gasteiger partial charge in [-0.25, -0.2) is 13.6 Å². The fraction of sp³-hybridized carbons (Fsp3) is 0.542. The number of rotatable bonds is 3. The maximum atomic E-state index is 13.9. The molecule has 2 amide bonds. The van der Waals surface area contributed by atoms with Crippen LogP contribution in [0.3, 0.4) is 0 Å². The summed E-state index contributed by atoms with van der Waals surface area (Å²) in [7, 11) is 1.94. The summed E-state index contributed by atoms with van der Waals surface area (Å²) in [5.74, 6) is -2.19. The van der Waals surface area contributed by atoms with E-state index in [1.54, 1.807) is 4.90 Å². The monoisotopic (exact) mass is 475 g/mol. The van der Waals surface area contributed by atoms with Gasteiger partial charge < -0.3 is 20.2 Å². The number of nitrogens with zero attached hydrogens (tertiary/aromatic N) is 4. The predicted octanol–water partition coefficient (Wildman–Crippen LogP) is 2.38. The molecule has 2 N–H and O–H groups in total. The number of carbonyl (C=O) groups is 2. The molecule has 0 radical (unpaired) electrons. The highest BCUT2D eigenvalue weighted by molar-refractivity contribution is 5.89. The van der Waals surface area contributed by atoms with Crippen LogP contribution >= 0.6 is 0 Å². The minimum absolute atomic E-state index is 0.241. The lowest BCUT2D eigenvalue weighted by Gasteiger charge is -2.33. The number of β-amino-alcohol motifs (C(OH)–C–C–N with tert-alkyl or cyclic N) is 1. The molecule has 8 nitrogen and oxygen atoms in total. The highest BCUT2D eigenvalue weighted by atomic mass is 19.2. The summed E-state index contributed by atoms with van der Waals surface area (Å²) >= 11 is 0. The minimum atomic E-state index is -0.986. The zero-order valence-electron chi connectivity index (χ0n) is 19.9. The van der Waals surface area contributed by atoms with E-state index in [4.69, 9.17) is 0 Å². The number of aliphatic hydroxyl groups excluding tert-OH is 1. The smallest absolute Gasteiger partial charge is 0.343 e. The van der Waals surface area contributed by atoms with E-state index in [1.165, 1.54) is 10.7 Å². The Bertz CT molecular complexity index is 1110. The lowest BCUT2D eigenvalue weighted by atomic mass is 9.86. The molecule has 1 aromatic carbocycles. The maximum Gasteiger partial charge on any atom is 0.343 e. The number of hydrogen-bond acceptors (Lipinski definition) is 5. The van der Waals surface area contributed by atoms with Crippen molar-refractivity contribution in [3.8, 4) is 11.3 Å². The lowest BCUT2D eigenvalue weighted by molar-refractivity contribution is -0.135. The van der Waals surface area contributed by atoms with Crippen LogP contribution in [0.4, 0.5) is 13.6 Å². The lowest BCUT2D eigenvalue weighted by Crippen LogP contribution is -2.55. The molecule has 184 valence electrons. The van der Waals surface area contributed by atoms with Gasteiger partial charge in [0.25, 0.3) is 0 Å². The van der Waals surface area contributed by atoms with Gasteiger partial charge in [0.2, 0.25) is 5.91 Å². The second kappa shape index (κ2) is 9.07. The van der Waals surface area contributed by atoms with Crippen molar-refractivity contribution < 1.29 is 23.5 Å². The Kier molecular flexibility index (Phi) is 6.48. The van der Waals surface area contributed by atoms with E-state index in [2.05, 4.69) is 15.3 Å². The number of halogens is 2. The Labute approximate surface area is 197 Å². The van der Waals surface area contributed by atoms with Crippen LogP contribution in [0.2, 0.25) is 0 Å². The van der Waals surface area contributed by atoms with Gasteiger partial charge in [-0.3, -0.25) is 4.79 Å². The first-order chi connectivity index (χ1) is 16.0. The third-order valence-corrected chi connectivity index (χ3v) is 6.49. The van der Waals surface area contributed by atoms with E-state index >= 15 is 0 Å². The molecule has 0 saturated carbocycles. The van der Waals surface area contributed by atoms with Crippen LogP contribution < -0.4 is 5.32 Å². The maximum absolute atomic E-state index is 13.9. The number of fused-ring (bicyclic) bond motifs is 1. The summed E-state index contributed by atoms with van der Waals surface area (Å²) in [6.07, 6.45) is 0.491. The van der Waals surface area contributed by atoms with Gasteiger partial charge in [0.1, 0.15) is 6.04 Å². The number of likely N-dealkylation sites (tertiary alicyclic amines) is 1. The van der Waals surface area contributed by atoms with Gasteiger partial charge in [0.15, 0.2) is 11.6 Å². The van der Waals surface area contributed by atoms with Gasteiger partial charge in [0, 0.05) is 43.7 Å². The zero-order chi connectivity index (χ0) is 24.8. The molecule has 2 aromatic rings. The van der Waals surface area contributed by atoms with E-state index in [0.717, 1.165) is 17.7 Å². The topological polar surface area (TPSA) is 90.7 Å². The molecule has 0 aliphatic carbocycles. The van der Waals surface area contributed by atoms with Crippen molar-refractivity contribution >= 4 is 11.9 Å². The van der Waals surface area contributed by atoms with Gasteiger partial charge in [0.05, 0.1) is 17.5 Å². The number of nitrogens with one attached hydrogen (secondary N) is 1. The molecule has 4 rings (SSSR count). The number of likely N-dealkylation sites (N-methyl/N-ethyl adjacent to an activating group) is 1. The standard InChI is InChI=1S/C24H31F2N5O3/c1-24(2,3)21(22(33)30-10-7-15(32)12-30)27-23(34)31-19-8-9-29(4)13-16(19)20(28-31)14-5-6-17(25)18(26)11-14/h5-6,11,15,21,32H,7-10,12-13H2,1-4H3,(H,27,34)/t15-,21+/m0/s1. The molecule has 3 heterocycles. The highest BCUT2D eigenvalue weighted by Gasteiger charge is 2.39. The van der Waals surface area contributed by atoms with Crippen LogP contribution in [0, 0.1) is 17.0 Å². The van der Waals surface area contributed by atoms with Gasteiger partial charge in [-0.05, 0) is 37.1 Å². The first-order valence-corrected chi connectivity index (χ1v) is 11.5. The summed E-state index contributed by atoms with van der Waals surface area (Å²) in [6, 6.07) is 2.18. The molecule has 2 aliphatic rings. The Morgan fingerprint density at radius 1 is 1.21 bits per heavy atom. The molecule has 1 saturated heterocycles. The third kappa shape index (κ3) is 4.69. The number of carbonyl (C=O) groups excluding carboxylic acids is 2. The number of benzene rings is 1. The molecule has 0 spiro atoms. The quantitative estimate of drug-likeness (QED) is 0.712. The van der Waals surface area contributed by atoms with E-state index < -0.39 is 35.2 Å². The van der Waals surface area contributed by atoms with Crippen LogP contribution in [0.25, 0.3) is 11.3 Å². The summed E-state index contributed by atoms with van der Waals surface area (Å²) in [5.41, 5.74) is 1.67. The number of aromatic nitrogens is 2. The second-order valence-corrected chi connectivity index (χ2v) is 10.3. The normalized spacial score (nSPS) is 19.7. The average Bonchev–Trinajstić information content (AvgIpc) is 3.36. The average molecular weight is 476 g/mol. The van der Waals surface area contributed by atoms with Gasteiger partial charge in [-0.15, -0.1) is 0 Å². The first-order valence-electron chi connectivity index (χ1n) is 11.5. The summed E-state index contributed by atoms with van der Waals surface area (Å²) in [6.45, 7) is 7.48. The van der Waals surface area contributed by atoms with Crippen LogP contribution in [0.15, 0.2) is 18.2 Å². The van der Waals surface area contributed by atoms with Crippen molar-refractivity contribution in [2.75, 3.05) is 26.7 Å². The minimum Gasteiger partial charge on any atom is -0.391 e. The fourth-order valence-corrected chi connectivity index (χ4v) is 4.56. The Morgan fingerprint density at radius 2 is 1.94 bits per heavy atom. The molecule has 10 heteroatoms. The van der Waals surface area contributed by atoms with Gasteiger partial charge >= 0.3 is 6.03 Å². The molecule has 2 atom stereocenters. The molecule has 1 fully saturated rings. The van der Waals surface area contributed by atoms with Crippen LogP contribution in [-0.2, 0) is 17.8 Å². The zero-order valence-corrected chi connectivity index (χ0v) is 19.9. The molecule has 0 bridgehead atoms. The third-order valence-electron chi connectivity index (χ3n) is 6.49. The van der Waals surface area contributed by atoms with Gasteiger partial charge in [-0.1, -0.05) is 20.8 Å². The van der Waals surface area contributed by atoms with Crippen molar-refractivity contribution in [2.24, 2.45) is 5.41 Å². The van der Waals surface area contributed by atoms with Crippen LogP contribution in [0.1, 0.15) is 38.4 Å². The van der Waals surface area contributed by atoms with Crippen molar-refractivity contribution in [2.45, 2.75) is 52.3 Å². The summed E-state index contributed by atoms with van der Waals surface area (Å²) in [5, 5.41) is 17.2. The number of amides is 2. The van der Waals surface area contributed by atoms with E-state index in [9.17, 15) is 23.5 Å². The predicted molar refractivity (Wildman–Crippen MR) is 122 cm³/mol. The Balaban J connectivity index is 1.68. The largest absolute Gasteiger partial charge is 0.391 e. The van der Waals surface area contributed by atoms with Crippen molar-refractivity contribution in [3.05, 3.63) is 41.1 Å². The Hall–Kier alpha value is -2.85. The second-order valence-electron chi connectivity index (χ2n) is 10.3. The van der Waals surface area contributed by atoms with Crippen LogP contribution in [-0.4, -0.2) is 75.5 Å². The molecule has 0 unspecified atom stereocenters. The molecular weight excluding hydrogens is 444 g/mol. The summed E-state index contributed by atoms with van der Waals surface area (Å²) < 4.78 is 28.7. The molecule has 34 heavy (non-hydrogen) atoms. The highest BCUT2D eigenvalue weighted by Crippen LogP contribution is 2.31. The van der Waals surface area contributed by atoms with Gasteiger partial charge in [-0.2, -0.15) is 9.78 Å². The summed E-state index contributed by atoms with van der Waals surface area (Å²) in [4.78, 5) is 30.3. The first kappa shape index (κ1) is 24.3. The van der Waals surface area contributed by atoms with E-state index in [0.29, 0.717) is 49.4 Å². The van der Waals surface area contributed by atoms with Crippen molar-refractivity contribution in [1.29, 1.82) is 0 Å². The molecule has 1 aromatic heterocycles. The molecule has 2 aliphatic heterocycles. The fourth-order valence-electron chi connectivity index (χ4n) is 4.56. The van der Waals surface area contributed by atoms with Crippen molar-refractivity contribution in [3.63, 3.8) is 0 Å². The number of aliphatic hydroxyl groups is 1. The Morgan fingerprint density at radius 3 is 2.56 bits per heavy atom. The molecular formula is C24H31F2N5O3. The van der Waals surface area contributed by atoms with E-state index in [1.807, 2.05) is 27.8 Å². The van der Waals surface area contributed by atoms with Crippen molar-refractivity contribution in [1.82, 2.24) is 24.9 Å². The van der Waals surface area contributed by atoms with Crippen LogP contribution in [0.5, 0.6) is 0 Å². The SMILES string of the molecule is CN1CCc2c(c(-c3ccc(F)c(F)c3)nn2C(=O)N[C@H](C(=O)N2CC[C@H](O)C2)C(C)(C)C)C1.